The number of carbonyl (C=O) groups excluding carboxylic acids is 1. The molecule has 1 aromatic carbocycles. The molecular weight excluding hydrogens is 296 g/mol. The van der Waals surface area contributed by atoms with Gasteiger partial charge in [-0.2, -0.15) is 0 Å². The van der Waals surface area contributed by atoms with Gasteiger partial charge in [0.1, 0.15) is 5.75 Å². The van der Waals surface area contributed by atoms with Crippen LogP contribution in [0.4, 0.5) is 11.4 Å². The molecule has 0 fully saturated rings. The highest BCUT2D eigenvalue weighted by Gasteiger charge is 2.14. The highest BCUT2D eigenvalue weighted by molar-refractivity contribution is 8.00. The first-order chi connectivity index (χ1) is 9.08. The Morgan fingerprint density at radius 1 is 1.50 bits per heavy atom. The van der Waals surface area contributed by atoms with E-state index in [1.54, 1.807) is 37.1 Å². The van der Waals surface area contributed by atoms with Crippen LogP contribution in [0.5, 0.6) is 5.75 Å². The van der Waals surface area contributed by atoms with Crippen molar-refractivity contribution in [3.05, 3.63) is 18.2 Å². The Labute approximate surface area is 131 Å². The fourth-order valence-corrected chi connectivity index (χ4v) is 2.50. The summed E-state index contributed by atoms with van der Waals surface area (Å²) in [4.78, 5) is 12.0. The summed E-state index contributed by atoms with van der Waals surface area (Å²) in [5.41, 5.74) is 6.98. The Hall–Kier alpha value is -1.07. The predicted octanol–water partition coefficient (Wildman–Crippen LogP) is 3.56. The molecule has 0 aliphatic carbocycles. The van der Waals surface area contributed by atoms with Gasteiger partial charge < -0.3 is 15.8 Å². The van der Waals surface area contributed by atoms with Crippen LogP contribution in [0.25, 0.3) is 0 Å². The minimum atomic E-state index is -0.0860. The summed E-state index contributed by atoms with van der Waals surface area (Å²) in [7, 11) is 1.58. The zero-order valence-electron chi connectivity index (χ0n) is 12.1. The lowest BCUT2D eigenvalue weighted by Crippen LogP contribution is -2.23. The standard InChI is InChI=1S/C14H22N2O2S.ClH/c1-4-5-8-19-10(2)14(17)16-13-9-11(18-3)6-7-12(13)15;/h6-7,9-10H,4-5,8,15H2,1-3H3,(H,16,17);1H. The number of nitrogens with two attached hydrogens (primary N) is 1. The van der Waals surface area contributed by atoms with E-state index in [-0.39, 0.29) is 23.6 Å². The van der Waals surface area contributed by atoms with Crippen molar-refractivity contribution in [2.45, 2.75) is 31.9 Å². The lowest BCUT2D eigenvalue weighted by Gasteiger charge is -2.14. The summed E-state index contributed by atoms with van der Waals surface area (Å²) >= 11 is 1.66. The van der Waals surface area contributed by atoms with Crippen molar-refractivity contribution >= 4 is 41.5 Å². The third kappa shape index (κ3) is 5.92. The normalized spacial score (nSPS) is 11.3. The van der Waals surface area contributed by atoms with Crippen LogP contribution in [0, 0.1) is 0 Å². The third-order valence-electron chi connectivity index (χ3n) is 2.75. The average Bonchev–Trinajstić information content (AvgIpc) is 2.41. The van der Waals surface area contributed by atoms with Gasteiger partial charge in [-0.25, -0.2) is 0 Å². The van der Waals surface area contributed by atoms with E-state index < -0.39 is 0 Å². The number of unbranched alkanes of at least 4 members (excludes halogenated alkanes) is 1. The molecule has 1 atom stereocenters. The number of nitrogens with one attached hydrogen (secondary N) is 1. The van der Waals surface area contributed by atoms with Crippen LogP contribution >= 0.6 is 24.2 Å². The summed E-state index contributed by atoms with van der Waals surface area (Å²) in [5.74, 6) is 1.65. The topological polar surface area (TPSA) is 64.3 Å². The van der Waals surface area contributed by atoms with E-state index in [4.69, 9.17) is 10.5 Å². The summed E-state index contributed by atoms with van der Waals surface area (Å²) in [6.45, 7) is 4.05. The van der Waals surface area contributed by atoms with E-state index in [1.807, 2.05) is 6.92 Å². The van der Waals surface area contributed by atoms with Gasteiger partial charge in [-0.3, -0.25) is 4.79 Å². The fourth-order valence-electron chi connectivity index (χ4n) is 1.49. The van der Waals surface area contributed by atoms with Gasteiger partial charge in [-0.15, -0.1) is 24.2 Å². The minimum absolute atomic E-state index is 0. The molecule has 20 heavy (non-hydrogen) atoms. The van der Waals surface area contributed by atoms with Crippen molar-refractivity contribution in [2.24, 2.45) is 0 Å². The minimum Gasteiger partial charge on any atom is -0.497 e. The number of benzene rings is 1. The molecule has 3 N–H and O–H groups in total. The summed E-state index contributed by atoms with van der Waals surface area (Å²) in [5, 5.41) is 2.76. The van der Waals surface area contributed by atoms with Gasteiger partial charge in [0.05, 0.1) is 23.7 Å². The van der Waals surface area contributed by atoms with Crippen LogP contribution in [-0.4, -0.2) is 24.0 Å². The van der Waals surface area contributed by atoms with Crippen molar-refractivity contribution in [3.8, 4) is 5.75 Å². The maximum atomic E-state index is 12.0. The molecule has 1 amide bonds. The van der Waals surface area contributed by atoms with Crippen LogP contribution in [-0.2, 0) is 4.79 Å². The number of thioether (sulfide) groups is 1. The monoisotopic (exact) mass is 318 g/mol. The number of methoxy groups -OCH3 is 1. The van der Waals surface area contributed by atoms with E-state index in [0.29, 0.717) is 17.1 Å². The SMILES string of the molecule is CCCCSC(C)C(=O)Nc1cc(OC)ccc1N.Cl. The Balaban J connectivity index is 0.00000361. The van der Waals surface area contributed by atoms with Gasteiger partial charge in [-0.05, 0) is 31.2 Å². The van der Waals surface area contributed by atoms with Gasteiger partial charge in [0, 0.05) is 6.07 Å². The fraction of sp³-hybridized carbons (Fsp3) is 0.500. The quantitative estimate of drug-likeness (QED) is 0.596. The summed E-state index contributed by atoms with van der Waals surface area (Å²) in [6, 6.07) is 5.23. The molecule has 6 heteroatoms. The van der Waals surface area contributed by atoms with Crippen LogP contribution < -0.4 is 15.8 Å². The van der Waals surface area contributed by atoms with E-state index >= 15 is 0 Å². The molecule has 0 heterocycles. The van der Waals surface area contributed by atoms with E-state index in [2.05, 4.69) is 12.2 Å². The predicted molar refractivity (Wildman–Crippen MR) is 90.1 cm³/mol. The number of nitrogen functional groups attached to an aromatic ring is 1. The highest BCUT2D eigenvalue weighted by atomic mass is 35.5. The second kappa shape index (κ2) is 9.77. The number of halogens is 1. The van der Waals surface area contributed by atoms with Crippen molar-refractivity contribution < 1.29 is 9.53 Å². The molecule has 0 radical (unpaired) electrons. The first kappa shape index (κ1) is 18.9. The molecular formula is C14H23ClN2O2S. The van der Waals surface area contributed by atoms with Crippen molar-refractivity contribution in [1.82, 2.24) is 0 Å². The zero-order chi connectivity index (χ0) is 14.3. The number of hydrogen-bond acceptors (Lipinski definition) is 4. The maximum Gasteiger partial charge on any atom is 0.237 e. The molecule has 0 aliphatic rings. The van der Waals surface area contributed by atoms with Crippen LogP contribution in [0.2, 0.25) is 0 Å². The van der Waals surface area contributed by atoms with Gasteiger partial charge in [0.2, 0.25) is 5.91 Å². The largest absolute Gasteiger partial charge is 0.497 e. The van der Waals surface area contributed by atoms with E-state index in [1.165, 1.54) is 0 Å². The number of hydrogen-bond donors (Lipinski definition) is 2. The number of ether oxygens (including phenoxy) is 1. The maximum absolute atomic E-state index is 12.0. The van der Waals surface area contributed by atoms with Gasteiger partial charge >= 0.3 is 0 Å². The molecule has 1 unspecified atom stereocenters. The molecule has 0 saturated carbocycles. The number of rotatable bonds is 7. The van der Waals surface area contributed by atoms with Gasteiger partial charge in [-0.1, -0.05) is 13.3 Å². The van der Waals surface area contributed by atoms with Crippen LogP contribution in [0.3, 0.4) is 0 Å². The molecule has 0 saturated heterocycles. The van der Waals surface area contributed by atoms with Gasteiger partial charge in [0.25, 0.3) is 0 Å². The van der Waals surface area contributed by atoms with Gasteiger partial charge in [0.15, 0.2) is 0 Å². The molecule has 0 aliphatic heterocycles. The number of amides is 1. The molecule has 0 spiro atoms. The molecule has 1 rings (SSSR count). The van der Waals surface area contributed by atoms with Crippen LogP contribution in [0.15, 0.2) is 18.2 Å². The Morgan fingerprint density at radius 2 is 2.20 bits per heavy atom. The Bertz CT molecular complexity index is 430. The van der Waals surface area contributed by atoms with E-state index in [0.717, 1.165) is 18.6 Å². The summed E-state index contributed by atoms with van der Waals surface area (Å²) < 4.78 is 5.12. The second-order valence-electron chi connectivity index (χ2n) is 4.31. The molecule has 4 nitrogen and oxygen atoms in total. The zero-order valence-corrected chi connectivity index (χ0v) is 13.8. The molecule has 1 aromatic rings. The Morgan fingerprint density at radius 3 is 2.80 bits per heavy atom. The first-order valence-corrected chi connectivity index (χ1v) is 7.49. The molecule has 114 valence electrons. The molecule has 0 bridgehead atoms. The lowest BCUT2D eigenvalue weighted by molar-refractivity contribution is -0.115. The van der Waals surface area contributed by atoms with E-state index in [9.17, 15) is 4.79 Å². The van der Waals surface area contributed by atoms with Crippen molar-refractivity contribution in [2.75, 3.05) is 23.9 Å². The molecule has 0 aromatic heterocycles. The second-order valence-corrected chi connectivity index (χ2v) is 5.76. The summed E-state index contributed by atoms with van der Waals surface area (Å²) in [6.07, 6.45) is 2.27. The average molecular weight is 319 g/mol. The van der Waals surface area contributed by atoms with Crippen LogP contribution in [0.1, 0.15) is 26.7 Å². The first-order valence-electron chi connectivity index (χ1n) is 6.44. The number of carbonyl (C=O) groups is 1. The number of anilines is 2. The third-order valence-corrected chi connectivity index (χ3v) is 3.99. The highest BCUT2D eigenvalue weighted by Crippen LogP contribution is 2.25. The lowest BCUT2D eigenvalue weighted by atomic mass is 10.2. The smallest absolute Gasteiger partial charge is 0.237 e. The van der Waals surface area contributed by atoms with Crippen molar-refractivity contribution in [3.63, 3.8) is 0 Å². The van der Waals surface area contributed by atoms with Crippen molar-refractivity contribution in [1.29, 1.82) is 0 Å². The Kier molecular flexibility index (Phi) is 9.25.